The summed E-state index contributed by atoms with van der Waals surface area (Å²) in [5, 5.41) is 7.21. The zero-order valence-corrected chi connectivity index (χ0v) is 15.1. The van der Waals surface area contributed by atoms with Crippen molar-refractivity contribution in [2.75, 3.05) is 10.7 Å². The standard InChI is InChI=1S/C19H18F2N6O/c1-2-9-13(21)6-15-11(7-22-25-15)18(9)14-3-4-17-23-16(8-27(17)26-14)24-19(28)10-5-12(10)20/h3-4,6,8,10,12,22,25H,2,5,7H2,1H3,(H,24,28)/t10-,12+/m1/s1. The molecule has 2 aromatic heterocycles. The Morgan fingerprint density at radius 1 is 1.43 bits per heavy atom. The number of halogens is 2. The molecule has 2 atom stereocenters. The number of hydrazine groups is 1. The molecule has 1 aliphatic heterocycles. The molecule has 1 saturated carbocycles. The molecule has 3 N–H and O–H groups in total. The fourth-order valence-corrected chi connectivity index (χ4v) is 3.64. The first-order valence-electron chi connectivity index (χ1n) is 9.20. The molecule has 0 radical (unpaired) electrons. The predicted molar refractivity (Wildman–Crippen MR) is 99.9 cm³/mol. The average Bonchev–Trinajstić information content (AvgIpc) is 3.05. The third-order valence-electron chi connectivity index (χ3n) is 5.21. The molecular formula is C19H18F2N6O. The fourth-order valence-electron chi connectivity index (χ4n) is 3.64. The third kappa shape index (κ3) is 2.70. The Morgan fingerprint density at radius 2 is 2.25 bits per heavy atom. The van der Waals surface area contributed by atoms with Crippen molar-refractivity contribution in [3.63, 3.8) is 0 Å². The number of alkyl halides is 1. The molecule has 144 valence electrons. The van der Waals surface area contributed by atoms with Gasteiger partial charge in [0.05, 0.1) is 23.5 Å². The Kier molecular flexibility index (Phi) is 3.80. The largest absolute Gasteiger partial charge is 0.321 e. The molecule has 28 heavy (non-hydrogen) atoms. The van der Waals surface area contributed by atoms with Crippen molar-refractivity contribution in [1.29, 1.82) is 0 Å². The lowest BCUT2D eigenvalue weighted by Crippen LogP contribution is -2.15. The molecule has 0 bridgehead atoms. The van der Waals surface area contributed by atoms with E-state index >= 15 is 0 Å². The van der Waals surface area contributed by atoms with Crippen LogP contribution >= 0.6 is 0 Å². The zero-order chi connectivity index (χ0) is 19.4. The molecule has 1 amide bonds. The summed E-state index contributed by atoms with van der Waals surface area (Å²) >= 11 is 0. The second kappa shape index (κ2) is 6.23. The van der Waals surface area contributed by atoms with Gasteiger partial charge >= 0.3 is 0 Å². The van der Waals surface area contributed by atoms with Crippen LogP contribution in [-0.4, -0.2) is 26.7 Å². The highest BCUT2D eigenvalue weighted by Gasteiger charge is 2.43. The maximum Gasteiger partial charge on any atom is 0.231 e. The number of nitrogens with one attached hydrogen (secondary N) is 3. The van der Waals surface area contributed by atoms with Crippen molar-refractivity contribution in [3.05, 3.63) is 41.3 Å². The van der Waals surface area contributed by atoms with E-state index in [2.05, 4.69) is 26.3 Å². The van der Waals surface area contributed by atoms with Crippen molar-refractivity contribution >= 4 is 23.1 Å². The molecule has 1 aliphatic carbocycles. The molecular weight excluding hydrogens is 366 g/mol. The SMILES string of the molecule is CCc1c(F)cc2c(c1-c1ccc3nc(NC(=O)[C@@H]4C[C@@H]4F)cn3n1)CNN2. The highest BCUT2D eigenvalue weighted by atomic mass is 19.1. The van der Waals surface area contributed by atoms with Crippen molar-refractivity contribution in [1.82, 2.24) is 20.0 Å². The predicted octanol–water partition coefficient (Wildman–Crippen LogP) is 2.82. The van der Waals surface area contributed by atoms with Gasteiger partial charge in [0, 0.05) is 17.7 Å². The van der Waals surface area contributed by atoms with Gasteiger partial charge in [0.1, 0.15) is 12.0 Å². The number of carbonyl (C=O) groups excluding carboxylic acids is 1. The van der Waals surface area contributed by atoms with Crippen LogP contribution in [0.1, 0.15) is 24.5 Å². The number of amides is 1. The normalized spacial score (nSPS) is 20.1. The summed E-state index contributed by atoms with van der Waals surface area (Å²) in [6, 6.07) is 5.05. The number of benzene rings is 1. The van der Waals surface area contributed by atoms with E-state index in [0.717, 1.165) is 11.1 Å². The molecule has 0 spiro atoms. The van der Waals surface area contributed by atoms with E-state index < -0.39 is 12.1 Å². The molecule has 0 unspecified atom stereocenters. The first kappa shape index (κ1) is 17.1. The van der Waals surface area contributed by atoms with E-state index in [1.165, 1.54) is 10.6 Å². The number of anilines is 2. The quantitative estimate of drug-likeness (QED) is 0.644. The van der Waals surface area contributed by atoms with Crippen LogP contribution in [-0.2, 0) is 17.8 Å². The van der Waals surface area contributed by atoms with Gasteiger partial charge in [0.15, 0.2) is 11.5 Å². The summed E-state index contributed by atoms with van der Waals surface area (Å²) in [4.78, 5) is 16.2. The summed E-state index contributed by atoms with van der Waals surface area (Å²) in [7, 11) is 0. The van der Waals surface area contributed by atoms with E-state index in [1.807, 2.05) is 6.92 Å². The van der Waals surface area contributed by atoms with Gasteiger partial charge in [-0.05, 0) is 36.6 Å². The number of hydrogen-bond donors (Lipinski definition) is 3. The van der Waals surface area contributed by atoms with Crippen LogP contribution in [0.5, 0.6) is 0 Å². The molecule has 5 rings (SSSR count). The number of rotatable bonds is 4. The molecule has 3 aromatic rings. The lowest BCUT2D eigenvalue weighted by molar-refractivity contribution is -0.117. The molecule has 1 fully saturated rings. The van der Waals surface area contributed by atoms with Crippen LogP contribution in [0.25, 0.3) is 16.9 Å². The first-order chi connectivity index (χ1) is 13.5. The minimum Gasteiger partial charge on any atom is -0.321 e. The average molecular weight is 384 g/mol. The maximum atomic E-state index is 14.6. The Balaban J connectivity index is 1.55. The van der Waals surface area contributed by atoms with Crippen LogP contribution < -0.4 is 16.2 Å². The highest BCUT2D eigenvalue weighted by molar-refractivity contribution is 5.94. The lowest BCUT2D eigenvalue weighted by atomic mass is 9.95. The maximum absolute atomic E-state index is 14.6. The second-order valence-electron chi connectivity index (χ2n) is 7.07. The number of imidazole rings is 1. The summed E-state index contributed by atoms with van der Waals surface area (Å²) in [6.45, 7) is 2.47. The number of carbonyl (C=O) groups is 1. The van der Waals surface area contributed by atoms with Crippen molar-refractivity contribution < 1.29 is 13.6 Å². The molecule has 0 saturated heterocycles. The Bertz CT molecular complexity index is 1110. The van der Waals surface area contributed by atoms with Gasteiger partial charge < -0.3 is 10.7 Å². The Hall–Kier alpha value is -3.07. The smallest absolute Gasteiger partial charge is 0.231 e. The van der Waals surface area contributed by atoms with Crippen LogP contribution in [0.3, 0.4) is 0 Å². The van der Waals surface area contributed by atoms with E-state index in [0.29, 0.717) is 41.4 Å². The highest BCUT2D eigenvalue weighted by Crippen LogP contribution is 2.36. The van der Waals surface area contributed by atoms with Crippen molar-refractivity contribution in [2.24, 2.45) is 5.92 Å². The summed E-state index contributed by atoms with van der Waals surface area (Å²) < 4.78 is 29.2. The first-order valence-corrected chi connectivity index (χ1v) is 9.20. The van der Waals surface area contributed by atoms with Gasteiger partial charge in [-0.3, -0.25) is 4.79 Å². The number of hydrogen-bond acceptors (Lipinski definition) is 5. The number of nitrogens with zero attached hydrogens (tertiary/aromatic N) is 3. The fraction of sp³-hybridized carbons (Fsp3) is 0.316. The van der Waals surface area contributed by atoms with Crippen molar-refractivity contribution in [3.8, 4) is 11.3 Å². The topological polar surface area (TPSA) is 83.4 Å². The minimum atomic E-state index is -1.06. The summed E-state index contributed by atoms with van der Waals surface area (Å²) in [5.41, 5.74) is 10.2. The number of fused-ring (bicyclic) bond motifs is 2. The Labute approximate surface area is 159 Å². The van der Waals surface area contributed by atoms with Gasteiger partial charge in [0.25, 0.3) is 0 Å². The molecule has 7 nitrogen and oxygen atoms in total. The summed E-state index contributed by atoms with van der Waals surface area (Å²) in [5.74, 6) is -0.921. The van der Waals surface area contributed by atoms with Gasteiger partial charge in [-0.2, -0.15) is 5.10 Å². The number of aromatic nitrogens is 3. The van der Waals surface area contributed by atoms with Crippen LogP contribution in [0.15, 0.2) is 24.4 Å². The van der Waals surface area contributed by atoms with E-state index in [1.54, 1.807) is 18.3 Å². The van der Waals surface area contributed by atoms with E-state index in [9.17, 15) is 13.6 Å². The van der Waals surface area contributed by atoms with Crippen LogP contribution in [0, 0.1) is 11.7 Å². The molecule has 3 heterocycles. The van der Waals surface area contributed by atoms with Gasteiger partial charge in [-0.1, -0.05) is 6.92 Å². The van der Waals surface area contributed by atoms with Crippen LogP contribution in [0.2, 0.25) is 0 Å². The van der Waals surface area contributed by atoms with Gasteiger partial charge in [0.2, 0.25) is 5.91 Å². The van der Waals surface area contributed by atoms with E-state index in [4.69, 9.17) is 0 Å². The monoisotopic (exact) mass is 384 g/mol. The minimum absolute atomic E-state index is 0.258. The van der Waals surface area contributed by atoms with Gasteiger partial charge in [-0.25, -0.2) is 23.7 Å². The zero-order valence-electron chi connectivity index (χ0n) is 15.1. The third-order valence-corrected chi connectivity index (χ3v) is 5.21. The Morgan fingerprint density at radius 3 is 3.00 bits per heavy atom. The molecule has 2 aliphatic rings. The second-order valence-corrected chi connectivity index (χ2v) is 7.07. The molecule has 9 heteroatoms. The lowest BCUT2D eigenvalue weighted by Gasteiger charge is -2.13. The van der Waals surface area contributed by atoms with Crippen LogP contribution in [0.4, 0.5) is 20.3 Å². The molecule has 1 aromatic carbocycles. The van der Waals surface area contributed by atoms with Gasteiger partial charge in [-0.15, -0.1) is 0 Å². The van der Waals surface area contributed by atoms with Crippen molar-refractivity contribution in [2.45, 2.75) is 32.5 Å². The summed E-state index contributed by atoms with van der Waals surface area (Å²) in [6.07, 6.45) is 1.30. The van der Waals surface area contributed by atoms with E-state index in [-0.39, 0.29) is 18.1 Å².